The Kier molecular flexibility index (Phi) is 4.28. The summed E-state index contributed by atoms with van der Waals surface area (Å²) in [5.41, 5.74) is 2.77. The molecule has 0 aromatic carbocycles. The highest BCUT2D eigenvalue weighted by atomic mass is 35.5. The van der Waals surface area contributed by atoms with Gasteiger partial charge in [0.2, 0.25) is 0 Å². The fourth-order valence-electron chi connectivity index (χ4n) is 2.45. The third-order valence-electron chi connectivity index (χ3n) is 3.51. The molecule has 2 aromatic heterocycles. The van der Waals surface area contributed by atoms with E-state index >= 15 is 0 Å². The van der Waals surface area contributed by atoms with Gasteiger partial charge in [0.25, 0.3) is 5.56 Å². The molecular formula is C14H15ClN4OS. The molecule has 1 aliphatic heterocycles. The molecule has 0 bridgehead atoms. The zero-order valence-electron chi connectivity index (χ0n) is 11.6. The first-order valence-corrected chi connectivity index (χ1v) is 8.25. The number of hydrogen-bond donors (Lipinski definition) is 1. The summed E-state index contributed by atoms with van der Waals surface area (Å²) in [6.45, 7) is 2.27. The Morgan fingerprint density at radius 1 is 1.48 bits per heavy atom. The van der Waals surface area contributed by atoms with E-state index in [0.29, 0.717) is 16.9 Å². The largest absolute Gasteiger partial charge is 0.301 e. The van der Waals surface area contributed by atoms with Crippen LogP contribution in [0, 0.1) is 0 Å². The average molecular weight is 323 g/mol. The van der Waals surface area contributed by atoms with Crippen LogP contribution in [-0.4, -0.2) is 32.7 Å². The second-order valence-electron chi connectivity index (χ2n) is 4.95. The summed E-state index contributed by atoms with van der Waals surface area (Å²) < 4.78 is 0. The van der Waals surface area contributed by atoms with E-state index in [4.69, 9.17) is 11.6 Å². The van der Waals surface area contributed by atoms with Crippen molar-refractivity contribution >= 4 is 23.4 Å². The number of rotatable bonds is 3. The molecule has 5 nitrogen and oxygen atoms in total. The van der Waals surface area contributed by atoms with Gasteiger partial charge in [-0.05, 0) is 17.9 Å². The Morgan fingerprint density at radius 2 is 2.33 bits per heavy atom. The van der Waals surface area contributed by atoms with Gasteiger partial charge in [0.15, 0.2) is 5.16 Å². The molecule has 3 heterocycles. The number of halogens is 1. The summed E-state index contributed by atoms with van der Waals surface area (Å²) in [6.07, 6.45) is 4.48. The van der Waals surface area contributed by atoms with E-state index < -0.39 is 0 Å². The fourth-order valence-corrected chi connectivity index (χ4v) is 2.96. The summed E-state index contributed by atoms with van der Waals surface area (Å²) in [5.74, 6) is 0. The molecule has 110 valence electrons. The monoisotopic (exact) mass is 322 g/mol. The maximum absolute atomic E-state index is 12.1. The average Bonchev–Trinajstić information content (AvgIpc) is 2.50. The van der Waals surface area contributed by atoms with Crippen LogP contribution >= 0.6 is 23.4 Å². The minimum absolute atomic E-state index is 0.0247. The Labute approximate surface area is 131 Å². The molecule has 3 rings (SSSR count). The molecule has 0 spiro atoms. The van der Waals surface area contributed by atoms with Gasteiger partial charge in [0.05, 0.1) is 11.3 Å². The van der Waals surface area contributed by atoms with E-state index in [0.717, 1.165) is 36.3 Å². The van der Waals surface area contributed by atoms with Crippen LogP contribution in [0.3, 0.4) is 0 Å². The minimum Gasteiger partial charge on any atom is -0.301 e. The van der Waals surface area contributed by atoms with Crippen molar-refractivity contribution in [2.45, 2.75) is 24.7 Å². The lowest BCUT2D eigenvalue weighted by molar-refractivity contribution is 0.240. The number of thioether (sulfide) groups is 1. The van der Waals surface area contributed by atoms with Crippen molar-refractivity contribution in [3.8, 4) is 0 Å². The van der Waals surface area contributed by atoms with Crippen LogP contribution < -0.4 is 5.56 Å². The lowest BCUT2D eigenvalue weighted by Gasteiger charge is -2.27. The molecule has 0 radical (unpaired) electrons. The number of nitrogens with one attached hydrogen (secondary N) is 1. The van der Waals surface area contributed by atoms with E-state index in [1.807, 2.05) is 12.3 Å². The molecule has 0 saturated carbocycles. The smallest absolute Gasteiger partial charge is 0.256 e. The number of nitrogens with zero attached hydrogens (tertiary/aromatic N) is 3. The van der Waals surface area contributed by atoms with Crippen molar-refractivity contribution in [3.05, 3.63) is 50.7 Å². The van der Waals surface area contributed by atoms with E-state index in [9.17, 15) is 4.79 Å². The summed E-state index contributed by atoms with van der Waals surface area (Å²) in [7, 11) is 0. The molecule has 0 atom stereocenters. The van der Waals surface area contributed by atoms with Gasteiger partial charge in [0, 0.05) is 32.3 Å². The minimum atomic E-state index is -0.0247. The van der Waals surface area contributed by atoms with Gasteiger partial charge in [0.1, 0.15) is 5.15 Å². The van der Waals surface area contributed by atoms with E-state index in [2.05, 4.69) is 19.9 Å². The van der Waals surface area contributed by atoms with Gasteiger partial charge in [-0.25, -0.2) is 9.97 Å². The quantitative estimate of drug-likeness (QED) is 0.532. The van der Waals surface area contributed by atoms with Crippen molar-refractivity contribution in [1.29, 1.82) is 0 Å². The van der Waals surface area contributed by atoms with Crippen molar-refractivity contribution in [2.24, 2.45) is 0 Å². The Bertz CT molecular complexity index is 701. The van der Waals surface area contributed by atoms with Crippen LogP contribution in [0.5, 0.6) is 0 Å². The zero-order chi connectivity index (χ0) is 14.8. The third kappa shape index (κ3) is 3.28. The maximum Gasteiger partial charge on any atom is 0.256 e. The van der Waals surface area contributed by atoms with Crippen molar-refractivity contribution < 1.29 is 0 Å². The predicted molar refractivity (Wildman–Crippen MR) is 83.7 cm³/mol. The highest BCUT2D eigenvalue weighted by Gasteiger charge is 2.21. The fraction of sp³-hybridized carbons (Fsp3) is 0.357. The molecule has 1 N–H and O–H groups in total. The second kappa shape index (κ2) is 6.17. The predicted octanol–water partition coefficient (Wildman–Crippen LogP) is 2.10. The summed E-state index contributed by atoms with van der Waals surface area (Å²) in [4.78, 5) is 25.7. The van der Waals surface area contributed by atoms with Gasteiger partial charge in [-0.3, -0.25) is 9.69 Å². The highest BCUT2D eigenvalue weighted by Crippen LogP contribution is 2.18. The topological polar surface area (TPSA) is 61.9 Å². The Morgan fingerprint density at radius 3 is 3.05 bits per heavy atom. The molecule has 0 aliphatic carbocycles. The molecular weight excluding hydrogens is 308 g/mol. The van der Waals surface area contributed by atoms with E-state index in [-0.39, 0.29) is 5.56 Å². The molecule has 0 saturated heterocycles. The van der Waals surface area contributed by atoms with Crippen molar-refractivity contribution in [3.63, 3.8) is 0 Å². The summed E-state index contributed by atoms with van der Waals surface area (Å²) in [6, 6.07) is 3.75. The first-order chi connectivity index (χ1) is 10.2. The number of pyridine rings is 1. The van der Waals surface area contributed by atoms with Gasteiger partial charge in [-0.1, -0.05) is 29.4 Å². The number of fused-ring (bicyclic) bond motifs is 1. The number of hydrogen-bond acceptors (Lipinski definition) is 5. The number of aromatic amines is 1. The summed E-state index contributed by atoms with van der Waals surface area (Å²) in [5, 5.41) is 1.18. The second-order valence-corrected chi connectivity index (χ2v) is 6.13. The highest BCUT2D eigenvalue weighted by molar-refractivity contribution is 7.98. The van der Waals surface area contributed by atoms with Crippen molar-refractivity contribution in [1.82, 2.24) is 19.9 Å². The van der Waals surface area contributed by atoms with Gasteiger partial charge in [-0.15, -0.1) is 0 Å². The van der Waals surface area contributed by atoms with Gasteiger partial charge < -0.3 is 4.98 Å². The van der Waals surface area contributed by atoms with E-state index in [1.165, 1.54) is 11.8 Å². The molecule has 0 unspecified atom stereocenters. The first-order valence-electron chi connectivity index (χ1n) is 6.64. The molecule has 0 amide bonds. The molecule has 0 fully saturated rings. The molecule has 2 aromatic rings. The Hall–Kier alpha value is -1.37. The van der Waals surface area contributed by atoms with Crippen molar-refractivity contribution in [2.75, 3.05) is 12.8 Å². The first kappa shape index (κ1) is 14.6. The van der Waals surface area contributed by atoms with Crippen LogP contribution in [0.2, 0.25) is 5.15 Å². The SMILES string of the molecule is CSc1nc2c(c(=O)[nH]1)CN(Cc1ccc(Cl)nc1)CC2. The van der Waals surface area contributed by atoms with Crippen LogP contribution in [0.1, 0.15) is 16.8 Å². The zero-order valence-corrected chi connectivity index (χ0v) is 13.2. The normalized spacial score (nSPS) is 15.0. The molecule has 7 heteroatoms. The standard InChI is InChI=1S/C14H15ClN4OS/c1-21-14-17-11-4-5-19(8-10(11)13(20)18-14)7-9-2-3-12(15)16-6-9/h2-3,6H,4-5,7-8H2,1H3,(H,17,18,20). The Balaban J connectivity index is 1.78. The molecule has 21 heavy (non-hydrogen) atoms. The lowest BCUT2D eigenvalue weighted by Crippen LogP contribution is -2.35. The van der Waals surface area contributed by atoms with Crippen LogP contribution in [-0.2, 0) is 19.5 Å². The van der Waals surface area contributed by atoms with Crippen LogP contribution in [0.4, 0.5) is 0 Å². The molecule has 1 aliphatic rings. The number of aromatic nitrogens is 3. The van der Waals surface area contributed by atoms with Crippen LogP contribution in [0.15, 0.2) is 28.3 Å². The van der Waals surface area contributed by atoms with Gasteiger partial charge in [-0.2, -0.15) is 0 Å². The summed E-state index contributed by atoms with van der Waals surface area (Å²) >= 11 is 7.25. The number of H-pyrrole nitrogens is 1. The van der Waals surface area contributed by atoms with Crippen LogP contribution in [0.25, 0.3) is 0 Å². The van der Waals surface area contributed by atoms with Gasteiger partial charge >= 0.3 is 0 Å². The third-order valence-corrected chi connectivity index (χ3v) is 4.32. The van der Waals surface area contributed by atoms with E-state index in [1.54, 1.807) is 12.3 Å². The maximum atomic E-state index is 12.1. The lowest BCUT2D eigenvalue weighted by atomic mass is 10.1.